The third-order valence-corrected chi connectivity index (χ3v) is 5.88. The van der Waals surface area contributed by atoms with Crippen LogP contribution in [0.5, 0.6) is 0 Å². The van der Waals surface area contributed by atoms with Gasteiger partial charge in [0.1, 0.15) is 5.54 Å². The lowest BCUT2D eigenvalue weighted by molar-refractivity contribution is -0.131. The van der Waals surface area contributed by atoms with E-state index in [1.807, 2.05) is 18.2 Å². The molecule has 1 aliphatic heterocycles. The third-order valence-electron chi connectivity index (χ3n) is 5.88. The van der Waals surface area contributed by atoms with Crippen LogP contribution in [-0.2, 0) is 4.79 Å². The summed E-state index contributed by atoms with van der Waals surface area (Å²) in [5.41, 5.74) is 0.600. The summed E-state index contributed by atoms with van der Waals surface area (Å²) in [5, 5.41) is 8.67. The fraction of sp³-hybridized carbons (Fsp3) is 0.550. The molecule has 2 aliphatic carbocycles. The molecule has 2 atom stereocenters. The summed E-state index contributed by atoms with van der Waals surface area (Å²) >= 11 is 0. The maximum absolute atomic E-state index is 12.5. The number of rotatable bonds is 6. The van der Waals surface area contributed by atoms with Gasteiger partial charge in [-0.15, -0.1) is 0 Å². The number of carbonyl (C=O) groups excluding carboxylic acids is 3. The first-order chi connectivity index (χ1) is 13.1. The molecule has 0 radical (unpaired) electrons. The fourth-order valence-corrected chi connectivity index (χ4v) is 4.28. The number of hydrogen-bond acceptors (Lipinski definition) is 3. The molecule has 1 aromatic rings. The molecule has 4 rings (SSSR count). The van der Waals surface area contributed by atoms with Gasteiger partial charge in [0, 0.05) is 25.0 Å². The minimum atomic E-state index is -0.652. The van der Waals surface area contributed by atoms with E-state index >= 15 is 0 Å². The molecule has 0 unspecified atom stereocenters. The van der Waals surface area contributed by atoms with Gasteiger partial charge in [-0.3, -0.25) is 9.69 Å². The summed E-state index contributed by atoms with van der Waals surface area (Å²) in [6.07, 6.45) is 4.94. The third kappa shape index (κ3) is 3.63. The summed E-state index contributed by atoms with van der Waals surface area (Å²) in [4.78, 5) is 37.9. The Morgan fingerprint density at radius 3 is 2.67 bits per heavy atom. The fourth-order valence-electron chi connectivity index (χ4n) is 4.28. The van der Waals surface area contributed by atoms with Crippen molar-refractivity contribution in [1.29, 1.82) is 0 Å². The Balaban J connectivity index is 1.16. The lowest BCUT2D eigenvalue weighted by Crippen LogP contribution is -2.44. The van der Waals surface area contributed by atoms with Crippen LogP contribution in [0.4, 0.5) is 9.59 Å². The average Bonchev–Trinajstić information content (AvgIpc) is 3.19. The molecule has 1 spiro atoms. The van der Waals surface area contributed by atoms with Gasteiger partial charge in [-0.25, -0.2) is 9.59 Å². The molecule has 0 bridgehead atoms. The predicted octanol–water partition coefficient (Wildman–Crippen LogP) is 2.10. The van der Waals surface area contributed by atoms with Crippen LogP contribution in [0.15, 0.2) is 30.3 Å². The number of carbonyl (C=O) groups is 3. The first-order valence-corrected chi connectivity index (χ1v) is 9.82. The topological polar surface area (TPSA) is 90.5 Å². The average molecular weight is 370 g/mol. The van der Waals surface area contributed by atoms with Crippen LogP contribution in [0.3, 0.4) is 0 Å². The van der Waals surface area contributed by atoms with Gasteiger partial charge in [0.05, 0.1) is 0 Å². The van der Waals surface area contributed by atoms with Gasteiger partial charge < -0.3 is 16.0 Å². The lowest BCUT2D eigenvalue weighted by atomic mass is 9.98. The summed E-state index contributed by atoms with van der Waals surface area (Å²) in [7, 11) is 0. The second-order valence-electron chi connectivity index (χ2n) is 7.79. The van der Waals surface area contributed by atoms with Gasteiger partial charge in [0.2, 0.25) is 0 Å². The van der Waals surface area contributed by atoms with E-state index in [9.17, 15) is 14.4 Å². The molecule has 1 saturated heterocycles. The maximum atomic E-state index is 12.5. The zero-order chi connectivity index (χ0) is 18.9. The molecule has 5 amide bonds. The van der Waals surface area contributed by atoms with E-state index in [-0.39, 0.29) is 24.0 Å². The van der Waals surface area contributed by atoms with Crippen LogP contribution >= 0.6 is 0 Å². The Morgan fingerprint density at radius 1 is 1.19 bits per heavy atom. The van der Waals surface area contributed by atoms with Gasteiger partial charge in [-0.05, 0) is 31.2 Å². The molecule has 7 heteroatoms. The van der Waals surface area contributed by atoms with Gasteiger partial charge in [-0.2, -0.15) is 0 Å². The van der Waals surface area contributed by atoms with Crippen molar-refractivity contribution in [3.63, 3.8) is 0 Å². The zero-order valence-corrected chi connectivity index (χ0v) is 15.4. The van der Waals surface area contributed by atoms with Crippen molar-refractivity contribution in [3.05, 3.63) is 35.9 Å². The van der Waals surface area contributed by atoms with Crippen LogP contribution in [0, 0.1) is 0 Å². The van der Waals surface area contributed by atoms with Crippen LogP contribution in [-0.4, -0.2) is 47.5 Å². The quantitative estimate of drug-likeness (QED) is 0.529. The van der Waals surface area contributed by atoms with E-state index in [1.54, 1.807) is 0 Å². The monoisotopic (exact) mass is 370 g/mol. The van der Waals surface area contributed by atoms with Crippen molar-refractivity contribution in [2.24, 2.45) is 0 Å². The van der Waals surface area contributed by atoms with Gasteiger partial charge >= 0.3 is 12.1 Å². The standard InChI is InChI=1S/C20H26N4O3/c25-17-20(9-4-5-10-20)23-19(27)24(17)12-6-11-21-18(26)22-16-13-15(16)14-7-2-1-3-8-14/h1-3,7-8,15-16H,4-6,9-13H2,(H,23,27)(H2,21,22,26)/t15-,16-/m0/s1. The van der Waals surface area contributed by atoms with Crippen molar-refractivity contribution in [2.75, 3.05) is 13.1 Å². The number of imide groups is 1. The summed E-state index contributed by atoms with van der Waals surface area (Å²) in [6, 6.07) is 9.87. The highest BCUT2D eigenvalue weighted by Crippen LogP contribution is 2.40. The number of benzene rings is 1. The molecule has 7 nitrogen and oxygen atoms in total. The SMILES string of the molecule is O=C(NCCCN1C(=O)NC2(CCCC2)C1=O)N[C@H]1C[C@H]1c1ccccc1. The Bertz CT molecular complexity index is 730. The second kappa shape index (κ2) is 7.21. The molecule has 1 heterocycles. The van der Waals surface area contributed by atoms with Crippen molar-refractivity contribution >= 4 is 18.0 Å². The molecule has 3 N–H and O–H groups in total. The Kier molecular flexibility index (Phi) is 4.76. The van der Waals surface area contributed by atoms with E-state index in [2.05, 4.69) is 28.1 Å². The number of urea groups is 2. The molecule has 3 fully saturated rings. The van der Waals surface area contributed by atoms with Crippen molar-refractivity contribution in [1.82, 2.24) is 20.9 Å². The van der Waals surface area contributed by atoms with Crippen molar-refractivity contribution in [2.45, 2.75) is 56.0 Å². The van der Waals surface area contributed by atoms with E-state index < -0.39 is 5.54 Å². The van der Waals surface area contributed by atoms with Crippen LogP contribution in [0.2, 0.25) is 0 Å². The Labute approximate surface area is 158 Å². The summed E-state index contributed by atoms with van der Waals surface area (Å²) in [6.45, 7) is 0.765. The molecular weight excluding hydrogens is 344 g/mol. The normalized spacial score (nSPS) is 25.6. The smallest absolute Gasteiger partial charge is 0.325 e. The number of hydrogen-bond donors (Lipinski definition) is 3. The van der Waals surface area contributed by atoms with E-state index in [1.165, 1.54) is 10.5 Å². The molecule has 27 heavy (non-hydrogen) atoms. The van der Waals surface area contributed by atoms with Gasteiger partial charge in [0.15, 0.2) is 0 Å². The minimum Gasteiger partial charge on any atom is -0.338 e. The molecule has 1 aromatic carbocycles. The lowest BCUT2D eigenvalue weighted by Gasteiger charge is -2.20. The van der Waals surface area contributed by atoms with Crippen molar-refractivity contribution < 1.29 is 14.4 Å². The largest absolute Gasteiger partial charge is 0.338 e. The minimum absolute atomic E-state index is 0.0989. The van der Waals surface area contributed by atoms with Gasteiger partial charge in [-0.1, -0.05) is 43.2 Å². The molecule has 3 aliphatic rings. The predicted molar refractivity (Wildman–Crippen MR) is 100 cm³/mol. The summed E-state index contributed by atoms with van der Waals surface area (Å²) in [5.74, 6) is 0.295. The van der Waals surface area contributed by atoms with Gasteiger partial charge in [0.25, 0.3) is 5.91 Å². The van der Waals surface area contributed by atoms with E-state index in [0.717, 1.165) is 32.1 Å². The number of nitrogens with zero attached hydrogens (tertiary/aromatic N) is 1. The molecule has 144 valence electrons. The Hall–Kier alpha value is -2.57. The summed E-state index contributed by atoms with van der Waals surface area (Å²) < 4.78 is 0. The van der Waals surface area contributed by atoms with Crippen molar-refractivity contribution in [3.8, 4) is 0 Å². The Morgan fingerprint density at radius 2 is 1.93 bits per heavy atom. The molecular formula is C20H26N4O3. The number of amides is 5. The van der Waals surface area contributed by atoms with Crippen LogP contribution in [0.25, 0.3) is 0 Å². The second-order valence-corrected chi connectivity index (χ2v) is 7.79. The highest BCUT2D eigenvalue weighted by Gasteiger charge is 2.52. The molecule has 2 saturated carbocycles. The highest BCUT2D eigenvalue weighted by molar-refractivity contribution is 6.07. The van der Waals surface area contributed by atoms with Crippen LogP contribution < -0.4 is 16.0 Å². The highest BCUT2D eigenvalue weighted by atomic mass is 16.2. The van der Waals surface area contributed by atoms with Crippen LogP contribution in [0.1, 0.15) is 50.0 Å². The van der Waals surface area contributed by atoms with E-state index in [4.69, 9.17) is 0 Å². The number of nitrogens with one attached hydrogen (secondary N) is 3. The van der Waals surface area contributed by atoms with E-state index in [0.29, 0.717) is 25.4 Å². The maximum Gasteiger partial charge on any atom is 0.325 e. The zero-order valence-electron chi connectivity index (χ0n) is 15.4. The molecule has 0 aromatic heterocycles. The first-order valence-electron chi connectivity index (χ1n) is 9.82. The first kappa shape index (κ1) is 17.8.